The van der Waals surface area contributed by atoms with E-state index in [9.17, 15) is 14.3 Å². The van der Waals surface area contributed by atoms with Crippen molar-refractivity contribution in [2.45, 2.75) is 44.8 Å². The molecule has 0 amide bonds. The summed E-state index contributed by atoms with van der Waals surface area (Å²) in [6, 6.07) is 14.1. The van der Waals surface area contributed by atoms with Crippen LogP contribution in [0.4, 0.5) is 4.39 Å². The minimum absolute atomic E-state index is 0.00617. The van der Waals surface area contributed by atoms with E-state index in [0.717, 1.165) is 33.3 Å². The molecular weight excluding hydrogens is 381 g/mol. The Morgan fingerprint density at radius 1 is 1.17 bits per heavy atom. The summed E-state index contributed by atoms with van der Waals surface area (Å²) in [5.74, 6) is 5.53. The van der Waals surface area contributed by atoms with Crippen LogP contribution in [0.15, 0.2) is 48.5 Å². The Labute approximate surface area is 174 Å². The highest BCUT2D eigenvalue weighted by molar-refractivity contribution is 5.98. The molecule has 152 valence electrons. The van der Waals surface area contributed by atoms with Gasteiger partial charge >= 0.3 is 5.97 Å². The Balaban J connectivity index is 1.94. The largest absolute Gasteiger partial charge is 0.449 e. The number of hydrogen-bond donors (Lipinski definition) is 1. The fourth-order valence-corrected chi connectivity index (χ4v) is 3.71. The molecule has 0 bridgehead atoms. The van der Waals surface area contributed by atoms with Crippen molar-refractivity contribution < 1.29 is 19.0 Å². The molecule has 1 saturated heterocycles. The molecule has 3 aromatic rings. The third-order valence-corrected chi connectivity index (χ3v) is 5.12. The van der Waals surface area contributed by atoms with E-state index in [1.165, 1.54) is 12.1 Å². The molecule has 4 rings (SSSR count). The van der Waals surface area contributed by atoms with Gasteiger partial charge in [-0.1, -0.05) is 56.0 Å². The van der Waals surface area contributed by atoms with E-state index >= 15 is 0 Å². The van der Waals surface area contributed by atoms with Crippen LogP contribution in [0.5, 0.6) is 0 Å². The monoisotopic (exact) mass is 403 g/mol. The van der Waals surface area contributed by atoms with Gasteiger partial charge in [-0.25, -0.2) is 4.39 Å². The molecule has 1 fully saturated rings. The number of fused-ring (bicyclic) bond motifs is 1. The number of aliphatic hydroxyl groups is 1. The number of pyridine rings is 1. The molecule has 30 heavy (non-hydrogen) atoms. The Hall–Kier alpha value is -3.23. The van der Waals surface area contributed by atoms with E-state index in [4.69, 9.17) is 9.72 Å². The fourth-order valence-electron chi connectivity index (χ4n) is 3.71. The lowest BCUT2D eigenvalue weighted by Crippen LogP contribution is -2.31. The number of carbonyl (C=O) groups is 1. The molecule has 0 radical (unpaired) electrons. The predicted molar refractivity (Wildman–Crippen MR) is 113 cm³/mol. The molecule has 2 heterocycles. The van der Waals surface area contributed by atoms with Crippen LogP contribution < -0.4 is 0 Å². The number of aliphatic hydroxyl groups excluding tert-OH is 1. The first-order valence-corrected chi connectivity index (χ1v) is 10.00. The summed E-state index contributed by atoms with van der Waals surface area (Å²) in [6.45, 7) is 4.09. The molecule has 5 heteroatoms. The summed E-state index contributed by atoms with van der Waals surface area (Å²) < 4.78 is 18.9. The first-order chi connectivity index (χ1) is 14.4. The van der Waals surface area contributed by atoms with Crippen molar-refractivity contribution in [3.05, 3.63) is 65.6 Å². The summed E-state index contributed by atoms with van der Waals surface area (Å²) in [4.78, 5) is 16.5. The fraction of sp³-hybridized carbons (Fsp3) is 0.280. The highest BCUT2D eigenvalue weighted by Gasteiger charge is 2.26. The van der Waals surface area contributed by atoms with E-state index in [1.54, 1.807) is 12.1 Å². The number of benzene rings is 2. The maximum absolute atomic E-state index is 13.6. The van der Waals surface area contributed by atoms with Crippen molar-refractivity contribution in [3.8, 4) is 23.0 Å². The van der Waals surface area contributed by atoms with E-state index < -0.39 is 18.2 Å². The highest BCUT2D eigenvalue weighted by atomic mass is 19.1. The van der Waals surface area contributed by atoms with Gasteiger partial charge in [0.2, 0.25) is 0 Å². The lowest BCUT2D eigenvalue weighted by atomic mass is 9.91. The van der Waals surface area contributed by atoms with Crippen molar-refractivity contribution in [1.82, 2.24) is 4.98 Å². The lowest BCUT2D eigenvalue weighted by Gasteiger charge is -2.22. The average Bonchev–Trinajstić information content (AvgIpc) is 2.71. The van der Waals surface area contributed by atoms with E-state index in [0.29, 0.717) is 0 Å². The molecule has 0 aliphatic carbocycles. The second kappa shape index (κ2) is 8.25. The number of para-hydroxylation sites is 1. The maximum Gasteiger partial charge on any atom is 0.309 e. The number of nitrogens with zero attached hydrogens (tertiary/aromatic N) is 1. The molecular formula is C25H22FNO3. The minimum atomic E-state index is -0.749. The maximum atomic E-state index is 13.6. The molecule has 4 nitrogen and oxygen atoms in total. The minimum Gasteiger partial charge on any atom is -0.449 e. The van der Waals surface area contributed by atoms with Crippen LogP contribution in [0.1, 0.15) is 43.9 Å². The van der Waals surface area contributed by atoms with Crippen molar-refractivity contribution in [2.75, 3.05) is 0 Å². The van der Waals surface area contributed by atoms with Gasteiger partial charge in [0.1, 0.15) is 5.82 Å². The average molecular weight is 403 g/mol. The van der Waals surface area contributed by atoms with Gasteiger partial charge in [0, 0.05) is 17.4 Å². The molecule has 0 spiro atoms. The molecule has 1 aliphatic heterocycles. The SMILES string of the molecule is CC(C)c1nc2ccccc2c(-c2ccc(F)cc2)c1C#CC1CC(O)CC(=O)O1. The van der Waals surface area contributed by atoms with Crippen LogP contribution in [-0.4, -0.2) is 28.3 Å². The Kier molecular flexibility index (Phi) is 5.52. The normalized spacial score (nSPS) is 18.8. The standard InChI is InChI=1S/C25H22FNO3/c1-15(2)25-21(12-11-19-13-18(28)14-23(29)30-19)24(16-7-9-17(26)10-8-16)20-5-3-4-6-22(20)27-25/h3-10,15,18-19,28H,13-14H2,1-2H3. The number of hydrogen-bond acceptors (Lipinski definition) is 4. The third-order valence-electron chi connectivity index (χ3n) is 5.12. The number of esters is 1. The van der Waals surface area contributed by atoms with Gasteiger partial charge < -0.3 is 9.84 Å². The summed E-state index contributed by atoms with van der Waals surface area (Å²) in [6.07, 6.45) is -1.15. The van der Waals surface area contributed by atoms with Crippen molar-refractivity contribution in [1.29, 1.82) is 0 Å². The van der Waals surface area contributed by atoms with Gasteiger partial charge in [-0.15, -0.1) is 0 Å². The van der Waals surface area contributed by atoms with Crippen LogP contribution in [-0.2, 0) is 9.53 Å². The van der Waals surface area contributed by atoms with Crippen molar-refractivity contribution >= 4 is 16.9 Å². The van der Waals surface area contributed by atoms with Crippen LogP contribution in [0.3, 0.4) is 0 Å². The molecule has 1 N–H and O–H groups in total. The number of rotatable bonds is 2. The van der Waals surface area contributed by atoms with Gasteiger partial charge in [-0.2, -0.15) is 0 Å². The zero-order valence-electron chi connectivity index (χ0n) is 16.9. The first kappa shape index (κ1) is 20.1. The zero-order chi connectivity index (χ0) is 21.3. The molecule has 1 aliphatic rings. The Morgan fingerprint density at radius 3 is 2.60 bits per heavy atom. The van der Waals surface area contributed by atoms with Gasteiger partial charge in [0.25, 0.3) is 0 Å². The van der Waals surface area contributed by atoms with E-state index in [2.05, 4.69) is 11.8 Å². The summed E-state index contributed by atoms with van der Waals surface area (Å²) in [5.41, 5.74) is 4.10. The quantitative estimate of drug-likeness (QED) is 0.503. The smallest absolute Gasteiger partial charge is 0.309 e. The molecule has 2 atom stereocenters. The molecule has 1 aromatic heterocycles. The number of halogens is 1. The summed E-state index contributed by atoms with van der Waals surface area (Å²) in [7, 11) is 0. The highest BCUT2D eigenvalue weighted by Crippen LogP contribution is 2.35. The second-order valence-electron chi connectivity index (χ2n) is 7.77. The van der Waals surface area contributed by atoms with Crippen molar-refractivity contribution in [3.63, 3.8) is 0 Å². The van der Waals surface area contributed by atoms with Crippen LogP contribution in [0, 0.1) is 17.7 Å². The topological polar surface area (TPSA) is 59.4 Å². The zero-order valence-corrected chi connectivity index (χ0v) is 16.9. The second-order valence-corrected chi connectivity index (χ2v) is 7.77. The predicted octanol–water partition coefficient (Wildman–Crippen LogP) is 4.58. The van der Waals surface area contributed by atoms with Gasteiger partial charge in [-0.3, -0.25) is 9.78 Å². The molecule has 0 saturated carbocycles. The van der Waals surface area contributed by atoms with Crippen LogP contribution in [0.2, 0.25) is 0 Å². The Bertz CT molecular complexity index is 1160. The number of ether oxygens (including phenoxy) is 1. The third kappa shape index (κ3) is 4.05. The Morgan fingerprint density at radius 2 is 1.90 bits per heavy atom. The first-order valence-electron chi connectivity index (χ1n) is 10.00. The summed E-state index contributed by atoms with van der Waals surface area (Å²) >= 11 is 0. The van der Waals surface area contributed by atoms with Gasteiger partial charge in [0.15, 0.2) is 6.10 Å². The molecule has 2 aromatic carbocycles. The van der Waals surface area contributed by atoms with Gasteiger partial charge in [0.05, 0.1) is 29.3 Å². The van der Waals surface area contributed by atoms with E-state index in [1.807, 2.05) is 38.1 Å². The van der Waals surface area contributed by atoms with Crippen molar-refractivity contribution in [2.24, 2.45) is 0 Å². The summed E-state index contributed by atoms with van der Waals surface area (Å²) in [5, 5.41) is 10.8. The lowest BCUT2D eigenvalue weighted by molar-refractivity contribution is -0.155. The van der Waals surface area contributed by atoms with E-state index in [-0.39, 0.29) is 24.6 Å². The molecule has 2 unspecified atom stereocenters. The van der Waals surface area contributed by atoms with Crippen LogP contribution in [0.25, 0.3) is 22.0 Å². The number of aromatic nitrogens is 1. The van der Waals surface area contributed by atoms with Crippen LogP contribution >= 0.6 is 0 Å². The van der Waals surface area contributed by atoms with Gasteiger partial charge in [-0.05, 0) is 29.7 Å². The number of carbonyl (C=O) groups excluding carboxylic acids is 1. The number of cyclic esters (lactones) is 1.